The predicted molar refractivity (Wildman–Crippen MR) is 64.6 cm³/mol. The fraction of sp³-hybridized carbons (Fsp3) is 0.308. The Morgan fingerprint density at radius 2 is 2.12 bits per heavy atom. The zero-order valence-corrected chi connectivity index (χ0v) is 10.1. The van der Waals surface area contributed by atoms with Crippen LogP contribution >= 0.6 is 0 Å². The molecule has 1 aromatic carbocycles. The van der Waals surface area contributed by atoms with Gasteiger partial charge in [-0.1, -0.05) is 6.58 Å². The maximum absolute atomic E-state index is 11.2. The summed E-state index contributed by atoms with van der Waals surface area (Å²) in [6.45, 7) is 5.75. The Balaban J connectivity index is 2.71. The smallest absolute Gasteiger partial charge is 0.161 e. The second-order valence-electron chi connectivity index (χ2n) is 3.31. The molecule has 1 rings (SSSR count). The lowest BCUT2D eigenvalue weighted by Crippen LogP contribution is -2.05. The first-order valence-corrected chi connectivity index (χ1v) is 5.23. The van der Waals surface area contributed by atoms with Gasteiger partial charge in [0.2, 0.25) is 0 Å². The van der Waals surface area contributed by atoms with Gasteiger partial charge >= 0.3 is 0 Å². The summed E-state index contributed by atoms with van der Waals surface area (Å²) in [5.74, 6) is 1.12. The summed E-state index contributed by atoms with van der Waals surface area (Å²) in [6.07, 6.45) is 1.36. The van der Waals surface area contributed by atoms with Crippen LogP contribution in [0.1, 0.15) is 17.3 Å². The molecule has 0 aliphatic heterocycles. The summed E-state index contributed by atoms with van der Waals surface area (Å²) >= 11 is 0. The lowest BCUT2D eigenvalue weighted by Gasteiger charge is -2.11. The Morgan fingerprint density at radius 3 is 2.71 bits per heavy atom. The van der Waals surface area contributed by atoms with Crippen LogP contribution in [0.5, 0.6) is 11.5 Å². The number of Topliss-reactive ketones (excluding diaryl/α,β-unsaturated/α-hetero) is 1. The third kappa shape index (κ3) is 3.83. The van der Waals surface area contributed by atoms with E-state index in [0.717, 1.165) is 0 Å². The average Bonchev–Trinajstić information content (AvgIpc) is 2.34. The van der Waals surface area contributed by atoms with Gasteiger partial charge in [-0.2, -0.15) is 0 Å². The molecule has 0 spiro atoms. The number of carbonyl (C=O) groups excluding carboxylic acids is 1. The molecule has 0 N–H and O–H groups in total. The van der Waals surface area contributed by atoms with Crippen LogP contribution in [0.25, 0.3) is 0 Å². The van der Waals surface area contributed by atoms with Crippen LogP contribution in [0.4, 0.5) is 0 Å². The number of methoxy groups -OCH3 is 1. The summed E-state index contributed by atoms with van der Waals surface area (Å²) in [5.41, 5.74) is 0.594. The number of benzene rings is 1. The van der Waals surface area contributed by atoms with E-state index >= 15 is 0 Å². The molecule has 0 atom stereocenters. The number of ketones is 1. The molecular formula is C13H16O4. The largest absolute Gasteiger partial charge is 0.498 e. The average molecular weight is 236 g/mol. The number of ether oxygens (including phenoxy) is 3. The highest BCUT2D eigenvalue weighted by atomic mass is 16.5. The van der Waals surface area contributed by atoms with Crippen molar-refractivity contribution in [3.8, 4) is 11.5 Å². The molecule has 0 aliphatic rings. The monoisotopic (exact) mass is 236 g/mol. The number of hydrogen-bond acceptors (Lipinski definition) is 4. The predicted octanol–water partition coefficient (Wildman–Crippen LogP) is 2.44. The van der Waals surface area contributed by atoms with Crippen LogP contribution in [0.2, 0.25) is 0 Å². The SMILES string of the molecule is C=COCCOc1ccc(C(C)=O)cc1OC. The van der Waals surface area contributed by atoms with Crippen molar-refractivity contribution >= 4 is 5.78 Å². The summed E-state index contributed by atoms with van der Waals surface area (Å²) in [6, 6.07) is 5.07. The van der Waals surface area contributed by atoms with E-state index in [1.807, 2.05) is 0 Å². The second kappa shape index (κ2) is 6.58. The van der Waals surface area contributed by atoms with Crippen LogP contribution in [0.3, 0.4) is 0 Å². The first-order chi connectivity index (χ1) is 8.19. The topological polar surface area (TPSA) is 44.8 Å². The first kappa shape index (κ1) is 13.1. The Kier molecular flexibility index (Phi) is 5.07. The molecule has 92 valence electrons. The molecule has 0 fully saturated rings. The Morgan fingerprint density at radius 1 is 1.35 bits per heavy atom. The number of rotatable bonds is 7. The van der Waals surface area contributed by atoms with Crippen molar-refractivity contribution in [3.05, 3.63) is 36.6 Å². The van der Waals surface area contributed by atoms with Gasteiger partial charge in [-0.05, 0) is 25.1 Å². The minimum atomic E-state index is -0.00941. The molecule has 0 bridgehead atoms. The Hall–Kier alpha value is -1.97. The molecular weight excluding hydrogens is 220 g/mol. The van der Waals surface area contributed by atoms with Crippen molar-refractivity contribution in [2.75, 3.05) is 20.3 Å². The zero-order chi connectivity index (χ0) is 12.7. The van der Waals surface area contributed by atoms with E-state index in [0.29, 0.717) is 30.3 Å². The van der Waals surface area contributed by atoms with E-state index in [2.05, 4.69) is 6.58 Å². The Labute approximate surface area is 101 Å². The molecule has 0 aromatic heterocycles. The molecule has 4 nitrogen and oxygen atoms in total. The lowest BCUT2D eigenvalue weighted by molar-refractivity contribution is 0.101. The maximum atomic E-state index is 11.2. The summed E-state index contributed by atoms with van der Waals surface area (Å²) in [7, 11) is 1.53. The quantitative estimate of drug-likeness (QED) is 0.414. The highest BCUT2D eigenvalue weighted by Crippen LogP contribution is 2.28. The van der Waals surface area contributed by atoms with E-state index in [1.54, 1.807) is 18.2 Å². The van der Waals surface area contributed by atoms with Gasteiger partial charge in [0.1, 0.15) is 13.2 Å². The van der Waals surface area contributed by atoms with E-state index in [-0.39, 0.29) is 5.78 Å². The Bertz CT molecular complexity index is 398. The molecule has 0 radical (unpaired) electrons. The van der Waals surface area contributed by atoms with Gasteiger partial charge in [0.15, 0.2) is 17.3 Å². The zero-order valence-electron chi connectivity index (χ0n) is 10.1. The van der Waals surface area contributed by atoms with Gasteiger partial charge in [0.05, 0.1) is 13.4 Å². The van der Waals surface area contributed by atoms with Crippen molar-refractivity contribution in [2.45, 2.75) is 6.92 Å². The van der Waals surface area contributed by atoms with E-state index in [1.165, 1.54) is 20.3 Å². The highest BCUT2D eigenvalue weighted by Gasteiger charge is 2.07. The molecule has 0 unspecified atom stereocenters. The van der Waals surface area contributed by atoms with Crippen molar-refractivity contribution in [2.24, 2.45) is 0 Å². The molecule has 0 saturated carbocycles. The molecule has 4 heteroatoms. The summed E-state index contributed by atoms with van der Waals surface area (Å²) < 4.78 is 15.5. The van der Waals surface area contributed by atoms with Crippen LogP contribution in [0, 0.1) is 0 Å². The lowest BCUT2D eigenvalue weighted by atomic mass is 10.1. The van der Waals surface area contributed by atoms with Gasteiger partial charge in [-0.25, -0.2) is 0 Å². The first-order valence-electron chi connectivity index (χ1n) is 5.23. The van der Waals surface area contributed by atoms with Gasteiger partial charge in [-0.3, -0.25) is 4.79 Å². The summed E-state index contributed by atoms with van der Waals surface area (Å²) in [5, 5.41) is 0. The molecule has 0 heterocycles. The second-order valence-corrected chi connectivity index (χ2v) is 3.31. The molecule has 0 aliphatic carbocycles. The van der Waals surface area contributed by atoms with E-state index in [9.17, 15) is 4.79 Å². The van der Waals surface area contributed by atoms with Gasteiger partial charge < -0.3 is 14.2 Å². The van der Waals surface area contributed by atoms with E-state index < -0.39 is 0 Å². The molecule has 1 aromatic rings. The fourth-order valence-electron chi connectivity index (χ4n) is 1.29. The van der Waals surface area contributed by atoms with Crippen LogP contribution in [-0.4, -0.2) is 26.1 Å². The maximum Gasteiger partial charge on any atom is 0.161 e. The van der Waals surface area contributed by atoms with Gasteiger partial charge in [0.25, 0.3) is 0 Å². The van der Waals surface area contributed by atoms with Crippen molar-refractivity contribution in [3.63, 3.8) is 0 Å². The van der Waals surface area contributed by atoms with Crippen molar-refractivity contribution < 1.29 is 19.0 Å². The third-order valence-corrected chi connectivity index (χ3v) is 2.15. The van der Waals surface area contributed by atoms with Gasteiger partial charge in [0, 0.05) is 5.56 Å². The minimum absolute atomic E-state index is 0.00941. The third-order valence-electron chi connectivity index (χ3n) is 2.15. The van der Waals surface area contributed by atoms with Crippen LogP contribution < -0.4 is 9.47 Å². The molecule has 0 saturated heterocycles. The fourth-order valence-corrected chi connectivity index (χ4v) is 1.29. The van der Waals surface area contributed by atoms with E-state index in [4.69, 9.17) is 14.2 Å². The van der Waals surface area contributed by atoms with Crippen molar-refractivity contribution in [1.82, 2.24) is 0 Å². The van der Waals surface area contributed by atoms with Gasteiger partial charge in [-0.15, -0.1) is 0 Å². The van der Waals surface area contributed by atoms with Crippen molar-refractivity contribution in [1.29, 1.82) is 0 Å². The highest BCUT2D eigenvalue weighted by molar-refractivity contribution is 5.94. The minimum Gasteiger partial charge on any atom is -0.498 e. The normalized spacial score (nSPS) is 9.53. The molecule has 0 amide bonds. The molecule has 17 heavy (non-hydrogen) atoms. The standard InChI is InChI=1S/C13H16O4/c1-4-16-7-8-17-12-6-5-11(10(2)14)9-13(12)15-3/h4-6,9H,1,7-8H2,2-3H3. The number of carbonyl (C=O) groups is 1. The number of hydrogen-bond donors (Lipinski definition) is 0. The van der Waals surface area contributed by atoms with Crippen LogP contribution in [0.15, 0.2) is 31.0 Å². The van der Waals surface area contributed by atoms with Crippen LogP contribution in [-0.2, 0) is 4.74 Å². The summed E-state index contributed by atoms with van der Waals surface area (Å²) in [4.78, 5) is 11.2.